The van der Waals surface area contributed by atoms with Crippen LogP contribution in [-0.4, -0.2) is 29.4 Å². The van der Waals surface area contributed by atoms with E-state index in [-0.39, 0.29) is 24.3 Å². The fourth-order valence-corrected chi connectivity index (χ4v) is 2.32. The number of nitrogens with zero attached hydrogens (tertiary/aromatic N) is 1. The zero-order valence-corrected chi connectivity index (χ0v) is 13.8. The molecule has 1 aromatic carbocycles. The monoisotopic (exact) mass is 330 g/mol. The van der Waals surface area contributed by atoms with Crippen molar-refractivity contribution in [3.8, 4) is 0 Å². The molecule has 0 spiro atoms. The van der Waals surface area contributed by atoms with Crippen molar-refractivity contribution in [2.45, 2.75) is 38.6 Å². The summed E-state index contributed by atoms with van der Waals surface area (Å²) in [4.78, 5) is 28.2. The average molecular weight is 330 g/mol. The molecule has 0 radical (unpaired) electrons. The summed E-state index contributed by atoms with van der Waals surface area (Å²) < 4.78 is 5.68. The lowest BCUT2D eigenvalue weighted by Crippen LogP contribution is -2.46. The number of oxazole rings is 1. The van der Waals surface area contributed by atoms with Crippen LogP contribution in [0.5, 0.6) is 0 Å². The van der Waals surface area contributed by atoms with Crippen molar-refractivity contribution < 1.29 is 14.0 Å². The number of benzene rings is 1. The molecular weight excluding hydrogens is 308 g/mol. The number of fused-ring (bicyclic) bond motifs is 1. The Kier molecular flexibility index (Phi) is 4.53. The molecule has 128 valence electrons. The molecule has 1 atom stereocenters. The van der Waals surface area contributed by atoms with E-state index in [2.05, 4.69) is 15.6 Å². The molecule has 1 aliphatic carbocycles. The van der Waals surface area contributed by atoms with Crippen molar-refractivity contribution in [2.24, 2.45) is 11.7 Å². The van der Waals surface area contributed by atoms with Crippen molar-refractivity contribution in [1.82, 2.24) is 10.3 Å². The Balaban J connectivity index is 1.57. The van der Waals surface area contributed by atoms with E-state index >= 15 is 0 Å². The van der Waals surface area contributed by atoms with E-state index in [0.717, 1.165) is 24.2 Å². The number of hydrogen-bond acceptors (Lipinski definition) is 5. The SMILES string of the molecule is CC(C)[C@H](N)C(=O)NCC(=O)Nc1ccc2oc(C3CC3)nc2c1. The summed E-state index contributed by atoms with van der Waals surface area (Å²) in [6.45, 7) is 3.59. The molecule has 0 unspecified atom stereocenters. The van der Waals surface area contributed by atoms with E-state index in [1.165, 1.54) is 0 Å². The van der Waals surface area contributed by atoms with E-state index in [9.17, 15) is 9.59 Å². The second-order valence-corrected chi connectivity index (χ2v) is 6.54. The number of carbonyl (C=O) groups excluding carboxylic acids is 2. The van der Waals surface area contributed by atoms with Gasteiger partial charge in [-0.3, -0.25) is 9.59 Å². The first-order valence-corrected chi connectivity index (χ1v) is 8.17. The maximum absolute atomic E-state index is 12.0. The minimum absolute atomic E-state index is 0.0169. The van der Waals surface area contributed by atoms with E-state index in [1.807, 2.05) is 13.8 Å². The van der Waals surface area contributed by atoms with Gasteiger partial charge in [0.2, 0.25) is 11.8 Å². The number of nitrogens with one attached hydrogen (secondary N) is 2. The molecule has 7 nitrogen and oxygen atoms in total. The van der Waals surface area contributed by atoms with Crippen LogP contribution in [0.1, 0.15) is 38.5 Å². The zero-order chi connectivity index (χ0) is 17.3. The highest BCUT2D eigenvalue weighted by molar-refractivity contribution is 5.96. The molecule has 4 N–H and O–H groups in total. The topological polar surface area (TPSA) is 110 Å². The first-order chi connectivity index (χ1) is 11.4. The Labute approximate surface area is 140 Å². The Morgan fingerprint density at radius 2 is 2.12 bits per heavy atom. The van der Waals surface area contributed by atoms with E-state index < -0.39 is 6.04 Å². The van der Waals surface area contributed by atoms with Gasteiger partial charge in [0.1, 0.15) is 5.52 Å². The summed E-state index contributed by atoms with van der Waals surface area (Å²) in [6, 6.07) is 4.69. The molecule has 1 saturated carbocycles. The molecule has 24 heavy (non-hydrogen) atoms. The van der Waals surface area contributed by atoms with Crippen molar-refractivity contribution in [3.05, 3.63) is 24.1 Å². The Morgan fingerprint density at radius 3 is 2.79 bits per heavy atom. The molecule has 3 rings (SSSR count). The second kappa shape index (κ2) is 6.60. The molecule has 0 aliphatic heterocycles. The minimum Gasteiger partial charge on any atom is -0.440 e. The van der Waals surface area contributed by atoms with Crippen LogP contribution in [0, 0.1) is 5.92 Å². The minimum atomic E-state index is -0.620. The fourth-order valence-electron chi connectivity index (χ4n) is 2.32. The Hall–Kier alpha value is -2.41. The summed E-state index contributed by atoms with van der Waals surface area (Å²) in [6.07, 6.45) is 2.24. The Morgan fingerprint density at radius 1 is 1.38 bits per heavy atom. The van der Waals surface area contributed by atoms with E-state index in [4.69, 9.17) is 10.2 Å². The third kappa shape index (κ3) is 3.73. The third-order valence-electron chi connectivity index (χ3n) is 4.06. The molecule has 2 aromatic rings. The number of hydrogen-bond donors (Lipinski definition) is 3. The van der Waals surface area contributed by atoms with Crippen molar-refractivity contribution in [2.75, 3.05) is 11.9 Å². The van der Waals surface area contributed by atoms with Gasteiger partial charge in [0.15, 0.2) is 11.5 Å². The van der Waals surface area contributed by atoms with Gasteiger partial charge in [0.25, 0.3) is 0 Å². The average Bonchev–Trinajstić information content (AvgIpc) is 3.31. The van der Waals surface area contributed by atoms with Crippen LogP contribution in [-0.2, 0) is 9.59 Å². The lowest BCUT2D eigenvalue weighted by Gasteiger charge is -2.15. The van der Waals surface area contributed by atoms with Crippen LogP contribution in [0.25, 0.3) is 11.1 Å². The van der Waals surface area contributed by atoms with Crippen LogP contribution in [0.15, 0.2) is 22.6 Å². The summed E-state index contributed by atoms with van der Waals surface area (Å²) in [7, 11) is 0. The standard InChI is InChI=1S/C17H22N4O3/c1-9(2)15(18)16(23)19-8-14(22)20-11-5-6-13-12(7-11)21-17(24-13)10-3-4-10/h5-7,9-10,15H,3-4,8,18H2,1-2H3,(H,19,23)(H,20,22)/t15-/m0/s1. The second-order valence-electron chi connectivity index (χ2n) is 6.54. The summed E-state index contributed by atoms with van der Waals surface area (Å²) >= 11 is 0. The lowest BCUT2D eigenvalue weighted by molar-refractivity contribution is -0.125. The highest BCUT2D eigenvalue weighted by atomic mass is 16.3. The Bertz CT molecular complexity index is 764. The number of anilines is 1. The smallest absolute Gasteiger partial charge is 0.243 e. The first-order valence-electron chi connectivity index (χ1n) is 8.17. The molecule has 7 heteroatoms. The molecular formula is C17H22N4O3. The fraction of sp³-hybridized carbons (Fsp3) is 0.471. The molecule has 1 heterocycles. The molecule has 0 saturated heterocycles. The third-order valence-corrected chi connectivity index (χ3v) is 4.06. The highest BCUT2D eigenvalue weighted by Crippen LogP contribution is 2.40. The van der Waals surface area contributed by atoms with Crippen LogP contribution < -0.4 is 16.4 Å². The first kappa shape index (κ1) is 16.4. The van der Waals surface area contributed by atoms with Gasteiger partial charge in [-0.05, 0) is 37.0 Å². The molecule has 1 fully saturated rings. The van der Waals surface area contributed by atoms with Crippen molar-refractivity contribution in [1.29, 1.82) is 0 Å². The summed E-state index contributed by atoms with van der Waals surface area (Å²) in [5.41, 5.74) is 7.78. The number of nitrogens with two attached hydrogens (primary N) is 1. The highest BCUT2D eigenvalue weighted by Gasteiger charge is 2.28. The van der Waals surface area contributed by atoms with Gasteiger partial charge in [-0.1, -0.05) is 13.8 Å². The number of aromatic nitrogens is 1. The maximum atomic E-state index is 12.0. The van der Waals surface area contributed by atoms with Gasteiger partial charge in [0.05, 0.1) is 12.6 Å². The predicted octanol–water partition coefficient (Wildman–Crippen LogP) is 1.74. The van der Waals surface area contributed by atoms with Gasteiger partial charge in [-0.2, -0.15) is 0 Å². The molecule has 2 amide bonds. The van der Waals surface area contributed by atoms with Crippen LogP contribution in [0.2, 0.25) is 0 Å². The number of rotatable bonds is 6. The van der Waals surface area contributed by atoms with Crippen molar-refractivity contribution >= 4 is 28.6 Å². The van der Waals surface area contributed by atoms with Gasteiger partial charge >= 0.3 is 0 Å². The quantitative estimate of drug-likeness (QED) is 0.747. The van der Waals surface area contributed by atoms with Crippen molar-refractivity contribution in [3.63, 3.8) is 0 Å². The largest absolute Gasteiger partial charge is 0.440 e. The number of carbonyl (C=O) groups is 2. The normalized spacial score (nSPS) is 15.5. The van der Waals surface area contributed by atoms with Crippen LogP contribution in [0.3, 0.4) is 0 Å². The number of amides is 2. The maximum Gasteiger partial charge on any atom is 0.243 e. The molecule has 0 bridgehead atoms. The lowest BCUT2D eigenvalue weighted by atomic mass is 10.1. The van der Waals surface area contributed by atoms with Crippen LogP contribution >= 0.6 is 0 Å². The van der Waals surface area contributed by atoms with E-state index in [0.29, 0.717) is 17.2 Å². The van der Waals surface area contributed by atoms with Gasteiger partial charge in [-0.15, -0.1) is 0 Å². The van der Waals surface area contributed by atoms with E-state index in [1.54, 1.807) is 18.2 Å². The summed E-state index contributed by atoms with van der Waals surface area (Å²) in [5, 5.41) is 5.27. The molecule has 1 aromatic heterocycles. The van der Waals surface area contributed by atoms with Gasteiger partial charge < -0.3 is 20.8 Å². The van der Waals surface area contributed by atoms with Gasteiger partial charge in [-0.25, -0.2) is 4.98 Å². The van der Waals surface area contributed by atoms with Gasteiger partial charge in [0, 0.05) is 11.6 Å². The predicted molar refractivity (Wildman–Crippen MR) is 90.4 cm³/mol. The molecule has 1 aliphatic rings. The zero-order valence-electron chi connectivity index (χ0n) is 13.8. The van der Waals surface area contributed by atoms with Crippen LogP contribution in [0.4, 0.5) is 5.69 Å². The summed E-state index contributed by atoms with van der Waals surface area (Å²) in [5.74, 6) is 0.577.